The van der Waals surface area contributed by atoms with Gasteiger partial charge in [-0.25, -0.2) is 0 Å². The molecule has 0 spiro atoms. The Hall–Kier alpha value is -3.90. The minimum atomic E-state index is -4.98. The molecule has 1 aliphatic carbocycles. The van der Waals surface area contributed by atoms with Crippen molar-refractivity contribution in [3.05, 3.63) is 76.3 Å². The van der Waals surface area contributed by atoms with Crippen LogP contribution in [0.3, 0.4) is 0 Å². The molecule has 0 radical (unpaired) electrons. The van der Waals surface area contributed by atoms with Gasteiger partial charge in [-0.15, -0.1) is 0 Å². The third-order valence-electron chi connectivity index (χ3n) is 5.23. The molecule has 8 nitrogen and oxygen atoms in total. The number of carbonyl (C=O) groups is 2. The van der Waals surface area contributed by atoms with Crippen LogP contribution in [0.1, 0.15) is 37.4 Å². The molecule has 3 aromatic carbocycles. The molecule has 0 aliphatic heterocycles. The molecule has 0 atom stereocenters. The van der Waals surface area contributed by atoms with E-state index < -0.39 is 49.6 Å². The first kappa shape index (κ1) is 23.3. The Morgan fingerprint density at radius 2 is 1.56 bits per heavy atom. The van der Waals surface area contributed by atoms with Gasteiger partial charge in [-0.1, -0.05) is 24.3 Å². The number of ether oxygens (including phenoxy) is 1. The van der Waals surface area contributed by atoms with Crippen LogP contribution in [-0.2, 0) is 16.3 Å². The second-order valence-electron chi connectivity index (χ2n) is 7.34. The molecule has 0 amide bonds. The van der Waals surface area contributed by atoms with Gasteiger partial charge in [0.05, 0.1) is 35.2 Å². The number of nitrogens with two attached hydrogens (primary N) is 1. The largest absolute Gasteiger partial charge is 0.497 e. The molecular weight excluding hydrogens is 477 g/mol. The predicted octanol–water partition coefficient (Wildman–Crippen LogP) is 4.06. The maximum Gasteiger partial charge on any atom is 0.416 e. The minimum absolute atomic E-state index is 0.00341. The zero-order chi connectivity index (χ0) is 25.0. The van der Waals surface area contributed by atoms with Crippen molar-refractivity contribution in [1.29, 1.82) is 0 Å². The SMILES string of the molecule is COc1cc(Nc2cc(S(=O)(=O)O)c(N)c3c2C(=O)c2ccccc2C3=O)cc(C(F)(F)F)c1. The molecule has 0 fully saturated rings. The summed E-state index contributed by atoms with van der Waals surface area (Å²) in [5.41, 5.74) is 2.72. The van der Waals surface area contributed by atoms with E-state index in [0.29, 0.717) is 6.07 Å². The van der Waals surface area contributed by atoms with E-state index in [4.69, 9.17) is 10.5 Å². The molecule has 34 heavy (non-hydrogen) atoms. The summed E-state index contributed by atoms with van der Waals surface area (Å²) in [7, 11) is -3.82. The van der Waals surface area contributed by atoms with Crippen LogP contribution >= 0.6 is 0 Å². The Labute approximate surface area is 190 Å². The fourth-order valence-corrected chi connectivity index (χ4v) is 4.36. The number of nitrogen functional groups attached to an aromatic ring is 1. The van der Waals surface area contributed by atoms with Crippen LogP contribution in [-0.4, -0.2) is 31.6 Å². The molecule has 0 unspecified atom stereocenters. The van der Waals surface area contributed by atoms with Gasteiger partial charge in [0.1, 0.15) is 10.6 Å². The van der Waals surface area contributed by atoms with Crippen molar-refractivity contribution in [2.75, 3.05) is 18.2 Å². The molecular formula is C22H15F3N2O6S. The summed E-state index contributed by atoms with van der Waals surface area (Å²) in [4.78, 5) is 25.5. The Bertz CT molecular complexity index is 1480. The molecule has 4 N–H and O–H groups in total. The predicted molar refractivity (Wildman–Crippen MR) is 115 cm³/mol. The van der Waals surface area contributed by atoms with Crippen LogP contribution in [0.4, 0.5) is 30.2 Å². The van der Waals surface area contributed by atoms with Gasteiger partial charge in [-0.2, -0.15) is 21.6 Å². The first-order valence-corrected chi connectivity index (χ1v) is 10.9. The maximum absolute atomic E-state index is 13.3. The smallest absolute Gasteiger partial charge is 0.416 e. The molecule has 0 bridgehead atoms. The Morgan fingerprint density at radius 3 is 2.09 bits per heavy atom. The molecule has 0 saturated heterocycles. The number of hydrogen-bond acceptors (Lipinski definition) is 7. The van der Waals surface area contributed by atoms with E-state index >= 15 is 0 Å². The highest BCUT2D eigenvalue weighted by Crippen LogP contribution is 2.41. The standard InChI is InChI=1S/C22H15F3N2O6S/c1-33-12-7-10(22(23,24)25)6-11(8-12)27-15-9-16(34(30,31)32)19(26)18-17(15)20(28)13-4-2-3-5-14(13)21(18)29/h2-9,27H,26H2,1H3,(H,30,31,32). The van der Waals surface area contributed by atoms with Gasteiger partial charge >= 0.3 is 6.18 Å². The van der Waals surface area contributed by atoms with Gasteiger partial charge in [0.25, 0.3) is 10.1 Å². The number of fused-ring (bicyclic) bond motifs is 2. The highest BCUT2D eigenvalue weighted by atomic mass is 32.2. The summed E-state index contributed by atoms with van der Waals surface area (Å²) in [6.45, 7) is 0. The number of rotatable bonds is 4. The summed E-state index contributed by atoms with van der Waals surface area (Å²) in [6.07, 6.45) is -4.74. The summed E-state index contributed by atoms with van der Waals surface area (Å²) in [5.74, 6) is -1.66. The van der Waals surface area contributed by atoms with E-state index in [-0.39, 0.29) is 33.8 Å². The number of methoxy groups -OCH3 is 1. The van der Waals surface area contributed by atoms with Crippen LogP contribution in [0.15, 0.2) is 53.4 Å². The monoisotopic (exact) mass is 492 g/mol. The summed E-state index contributed by atoms with van der Waals surface area (Å²) in [5, 5.41) is 2.56. The van der Waals surface area contributed by atoms with Crippen molar-refractivity contribution >= 4 is 38.7 Å². The van der Waals surface area contributed by atoms with Gasteiger partial charge in [-0.3, -0.25) is 14.1 Å². The van der Waals surface area contributed by atoms with Crippen molar-refractivity contribution in [2.24, 2.45) is 0 Å². The van der Waals surface area contributed by atoms with Crippen molar-refractivity contribution in [2.45, 2.75) is 11.1 Å². The van der Waals surface area contributed by atoms with Crippen LogP contribution < -0.4 is 15.8 Å². The van der Waals surface area contributed by atoms with E-state index in [2.05, 4.69) is 5.32 Å². The van der Waals surface area contributed by atoms with E-state index in [0.717, 1.165) is 19.2 Å². The van der Waals surface area contributed by atoms with Crippen molar-refractivity contribution in [1.82, 2.24) is 0 Å². The number of benzene rings is 3. The van der Waals surface area contributed by atoms with E-state index in [1.165, 1.54) is 30.3 Å². The summed E-state index contributed by atoms with van der Waals surface area (Å²) >= 11 is 0. The van der Waals surface area contributed by atoms with Crippen LogP contribution in [0, 0.1) is 0 Å². The van der Waals surface area contributed by atoms with Crippen LogP contribution in [0.5, 0.6) is 5.75 Å². The first-order valence-electron chi connectivity index (χ1n) is 9.48. The quantitative estimate of drug-likeness (QED) is 0.287. The van der Waals surface area contributed by atoms with E-state index in [1.54, 1.807) is 0 Å². The van der Waals surface area contributed by atoms with Gasteiger partial charge < -0.3 is 15.8 Å². The van der Waals surface area contributed by atoms with Crippen LogP contribution in [0.25, 0.3) is 0 Å². The Morgan fingerprint density at radius 1 is 0.971 bits per heavy atom. The van der Waals surface area contributed by atoms with Gasteiger partial charge in [0.15, 0.2) is 11.6 Å². The third-order valence-corrected chi connectivity index (χ3v) is 6.12. The number of halogens is 3. The number of nitrogens with one attached hydrogen (secondary N) is 1. The summed E-state index contributed by atoms with van der Waals surface area (Å²) in [6, 6.07) is 9.15. The summed E-state index contributed by atoms with van der Waals surface area (Å²) < 4.78 is 78.5. The zero-order valence-corrected chi connectivity index (χ0v) is 18.0. The lowest BCUT2D eigenvalue weighted by atomic mass is 9.82. The lowest BCUT2D eigenvalue weighted by molar-refractivity contribution is -0.137. The molecule has 176 valence electrons. The second kappa shape index (κ2) is 7.85. The van der Waals surface area contributed by atoms with Crippen molar-refractivity contribution in [3.8, 4) is 5.75 Å². The average molecular weight is 492 g/mol. The van der Waals surface area contributed by atoms with Crippen molar-refractivity contribution in [3.63, 3.8) is 0 Å². The highest BCUT2D eigenvalue weighted by molar-refractivity contribution is 7.86. The highest BCUT2D eigenvalue weighted by Gasteiger charge is 2.37. The van der Waals surface area contributed by atoms with E-state index in [1.807, 2.05) is 0 Å². The van der Waals surface area contributed by atoms with Crippen molar-refractivity contribution < 1.29 is 40.5 Å². The molecule has 0 saturated carbocycles. The normalized spacial score (nSPS) is 13.3. The van der Waals surface area contributed by atoms with Crippen LogP contribution in [0.2, 0.25) is 0 Å². The second-order valence-corrected chi connectivity index (χ2v) is 8.73. The number of ketones is 2. The molecule has 4 rings (SSSR count). The average Bonchev–Trinajstić information content (AvgIpc) is 2.76. The fourth-order valence-electron chi connectivity index (χ4n) is 3.71. The number of anilines is 3. The maximum atomic E-state index is 13.3. The molecule has 1 aliphatic rings. The Kier molecular flexibility index (Phi) is 5.37. The number of alkyl halides is 3. The Balaban J connectivity index is 2.00. The lowest BCUT2D eigenvalue weighted by Crippen LogP contribution is -2.25. The molecule has 3 aromatic rings. The lowest BCUT2D eigenvalue weighted by Gasteiger charge is -2.24. The first-order chi connectivity index (χ1) is 15.8. The fraction of sp³-hybridized carbons (Fsp3) is 0.0909. The topological polar surface area (TPSA) is 136 Å². The van der Waals surface area contributed by atoms with Gasteiger partial charge in [0, 0.05) is 22.9 Å². The zero-order valence-electron chi connectivity index (χ0n) is 17.2. The number of carbonyl (C=O) groups excluding carboxylic acids is 2. The van der Waals surface area contributed by atoms with Gasteiger partial charge in [0.2, 0.25) is 0 Å². The minimum Gasteiger partial charge on any atom is -0.497 e. The molecule has 0 heterocycles. The third kappa shape index (κ3) is 3.86. The van der Waals surface area contributed by atoms with E-state index in [9.17, 15) is 35.7 Å². The number of hydrogen-bond donors (Lipinski definition) is 3. The molecule has 12 heteroatoms. The molecule has 0 aromatic heterocycles. The van der Waals surface area contributed by atoms with Gasteiger partial charge in [-0.05, 0) is 18.2 Å².